The van der Waals surface area contributed by atoms with Crippen LogP contribution in [0.25, 0.3) is 5.13 Å². The van der Waals surface area contributed by atoms with Gasteiger partial charge in [-0.1, -0.05) is 11.3 Å². The second kappa shape index (κ2) is 4.23. The average Bonchev–Trinajstić information content (AvgIpc) is 2.81. The number of nitrogens with one attached hydrogen (secondary N) is 1. The van der Waals surface area contributed by atoms with Gasteiger partial charge in [-0.15, -0.1) is 10.2 Å². The zero-order chi connectivity index (χ0) is 11.0. The summed E-state index contributed by atoms with van der Waals surface area (Å²) < 4.78 is 2.67. The van der Waals surface area contributed by atoms with Gasteiger partial charge >= 0.3 is 0 Å². The first kappa shape index (κ1) is 10.4. The van der Waals surface area contributed by atoms with Crippen molar-refractivity contribution < 1.29 is 0 Å². The van der Waals surface area contributed by atoms with E-state index >= 15 is 0 Å². The van der Waals surface area contributed by atoms with Crippen LogP contribution >= 0.6 is 27.3 Å². The molecule has 1 aliphatic carbocycles. The molecule has 0 aromatic carbocycles. The van der Waals surface area contributed by atoms with Crippen molar-refractivity contribution >= 4 is 27.3 Å². The lowest BCUT2D eigenvalue weighted by molar-refractivity contribution is 0.678. The summed E-state index contributed by atoms with van der Waals surface area (Å²) in [4.78, 5) is 0. The fraction of sp³-hybridized carbons (Fsp3) is 0.444. The maximum Gasteiger partial charge on any atom is 0.232 e. The van der Waals surface area contributed by atoms with Crippen molar-refractivity contribution in [3.8, 4) is 5.13 Å². The lowest BCUT2D eigenvalue weighted by Gasteiger charge is -1.95. The fourth-order valence-corrected chi connectivity index (χ4v) is 2.34. The zero-order valence-electron chi connectivity index (χ0n) is 8.43. The largest absolute Gasteiger partial charge is 0.308 e. The molecular weight excluding hydrogens is 290 g/mol. The number of aromatic nitrogens is 4. The predicted octanol–water partition coefficient (Wildman–Crippen LogP) is 1.74. The SMILES string of the molecule is Brc1cnn(-c2nnc(CNC3CC3)s2)c1. The highest BCUT2D eigenvalue weighted by Gasteiger charge is 2.20. The third kappa shape index (κ3) is 2.31. The van der Waals surface area contributed by atoms with E-state index in [1.165, 1.54) is 12.8 Å². The normalized spacial score (nSPS) is 15.6. The van der Waals surface area contributed by atoms with Gasteiger partial charge in [-0.25, -0.2) is 4.68 Å². The molecule has 2 aromatic heterocycles. The van der Waals surface area contributed by atoms with Crippen LogP contribution in [0.15, 0.2) is 16.9 Å². The first-order valence-electron chi connectivity index (χ1n) is 5.07. The van der Waals surface area contributed by atoms with Gasteiger partial charge in [0.25, 0.3) is 0 Å². The molecule has 84 valence electrons. The van der Waals surface area contributed by atoms with E-state index in [0.717, 1.165) is 21.2 Å². The van der Waals surface area contributed by atoms with Crippen LogP contribution in [0.5, 0.6) is 0 Å². The van der Waals surface area contributed by atoms with E-state index in [4.69, 9.17) is 0 Å². The van der Waals surface area contributed by atoms with Crippen molar-refractivity contribution in [2.45, 2.75) is 25.4 Å². The minimum atomic E-state index is 0.700. The maximum atomic E-state index is 4.16. The summed E-state index contributed by atoms with van der Waals surface area (Å²) in [6.45, 7) is 0.810. The van der Waals surface area contributed by atoms with Crippen molar-refractivity contribution in [1.82, 2.24) is 25.3 Å². The second-order valence-electron chi connectivity index (χ2n) is 3.74. The molecule has 2 heterocycles. The molecule has 0 bridgehead atoms. The zero-order valence-corrected chi connectivity index (χ0v) is 10.8. The van der Waals surface area contributed by atoms with E-state index in [1.54, 1.807) is 22.2 Å². The van der Waals surface area contributed by atoms with Crippen LogP contribution in [0.3, 0.4) is 0 Å². The Balaban J connectivity index is 1.71. The van der Waals surface area contributed by atoms with Gasteiger partial charge in [0.05, 0.1) is 17.2 Å². The summed E-state index contributed by atoms with van der Waals surface area (Å²) in [5, 5.41) is 17.6. The first-order valence-corrected chi connectivity index (χ1v) is 6.68. The number of hydrogen-bond acceptors (Lipinski definition) is 5. The molecular formula is C9H10BrN5S. The molecule has 0 spiro atoms. The van der Waals surface area contributed by atoms with Gasteiger partial charge in [-0.3, -0.25) is 0 Å². The molecule has 0 amide bonds. The highest BCUT2D eigenvalue weighted by Crippen LogP contribution is 2.21. The quantitative estimate of drug-likeness (QED) is 0.934. The Morgan fingerprint density at radius 1 is 1.50 bits per heavy atom. The molecule has 7 heteroatoms. The van der Waals surface area contributed by atoms with Crippen LogP contribution in [0.4, 0.5) is 0 Å². The molecule has 0 radical (unpaired) electrons. The molecule has 1 fully saturated rings. The third-order valence-electron chi connectivity index (χ3n) is 2.32. The predicted molar refractivity (Wildman–Crippen MR) is 64.6 cm³/mol. The third-order valence-corrected chi connectivity index (χ3v) is 3.64. The molecule has 3 rings (SSSR count). The summed E-state index contributed by atoms with van der Waals surface area (Å²) in [7, 11) is 0. The van der Waals surface area contributed by atoms with Crippen LogP contribution in [-0.2, 0) is 6.54 Å². The van der Waals surface area contributed by atoms with Crippen molar-refractivity contribution in [3.05, 3.63) is 21.9 Å². The second-order valence-corrected chi connectivity index (χ2v) is 5.69. The van der Waals surface area contributed by atoms with E-state index in [1.807, 2.05) is 6.20 Å². The van der Waals surface area contributed by atoms with Gasteiger partial charge in [-0.05, 0) is 28.8 Å². The Labute approximate surface area is 105 Å². The molecule has 0 saturated heterocycles. The van der Waals surface area contributed by atoms with Gasteiger partial charge in [0.15, 0.2) is 0 Å². The van der Waals surface area contributed by atoms with Crippen LogP contribution in [0.2, 0.25) is 0 Å². The van der Waals surface area contributed by atoms with E-state index < -0.39 is 0 Å². The van der Waals surface area contributed by atoms with Crippen LogP contribution < -0.4 is 5.32 Å². The van der Waals surface area contributed by atoms with Crippen molar-refractivity contribution in [1.29, 1.82) is 0 Å². The Kier molecular flexibility index (Phi) is 2.74. The molecule has 0 atom stereocenters. The maximum absolute atomic E-state index is 4.16. The Bertz CT molecular complexity index is 490. The molecule has 1 N–H and O–H groups in total. The monoisotopic (exact) mass is 299 g/mol. The number of halogens is 1. The van der Waals surface area contributed by atoms with E-state index in [-0.39, 0.29) is 0 Å². The molecule has 1 saturated carbocycles. The molecule has 16 heavy (non-hydrogen) atoms. The molecule has 2 aromatic rings. The van der Waals surface area contributed by atoms with E-state index in [2.05, 4.69) is 36.5 Å². The van der Waals surface area contributed by atoms with Gasteiger partial charge in [0, 0.05) is 12.2 Å². The van der Waals surface area contributed by atoms with Crippen molar-refractivity contribution in [2.24, 2.45) is 0 Å². The lowest BCUT2D eigenvalue weighted by Crippen LogP contribution is -2.14. The standard InChI is InChI=1S/C9H10BrN5S/c10-6-3-12-15(5-6)9-14-13-8(16-9)4-11-7-1-2-7/h3,5,7,11H,1-2,4H2. The molecule has 0 unspecified atom stereocenters. The number of rotatable bonds is 4. The first-order chi connectivity index (χ1) is 7.81. The fourth-order valence-electron chi connectivity index (χ4n) is 1.33. The Morgan fingerprint density at radius 3 is 3.06 bits per heavy atom. The number of nitrogens with zero attached hydrogens (tertiary/aromatic N) is 4. The highest BCUT2D eigenvalue weighted by atomic mass is 79.9. The number of hydrogen-bond donors (Lipinski definition) is 1. The topological polar surface area (TPSA) is 55.6 Å². The van der Waals surface area contributed by atoms with Gasteiger partial charge in [0.1, 0.15) is 5.01 Å². The minimum absolute atomic E-state index is 0.700. The summed E-state index contributed by atoms with van der Waals surface area (Å²) in [6.07, 6.45) is 6.19. The van der Waals surface area contributed by atoms with E-state index in [9.17, 15) is 0 Å². The van der Waals surface area contributed by atoms with Crippen LogP contribution in [0.1, 0.15) is 17.8 Å². The Morgan fingerprint density at radius 2 is 2.38 bits per heavy atom. The highest BCUT2D eigenvalue weighted by molar-refractivity contribution is 9.10. The van der Waals surface area contributed by atoms with Crippen LogP contribution in [0, 0.1) is 0 Å². The smallest absolute Gasteiger partial charge is 0.232 e. The minimum Gasteiger partial charge on any atom is -0.308 e. The summed E-state index contributed by atoms with van der Waals surface area (Å²) in [5.74, 6) is 0. The van der Waals surface area contributed by atoms with Gasteiger partial charge in [0.2, 0.25) is 5.13 Å². The summed E-state index contributed by atoms with van der Waals surface area (Å²) >= 11 is 4.92. The van der Waals surface area contributed by atoms with Crippen molar-refractivity contribution in [3.63, 3.8) is 0 Å². The summed E-state index contributed by atoms with van der Waals surface area (Å²) in [6, 6.07) is 0.700. The molecule has 0 aliphatic heterocycles. The van der Waals surface area contributed by atoms with Gasteiger partial charge in [-0.2, -0.15) is 5.10 Å². The van der Waals surface area contributed by atoms with Crippen LogP contribution in [-0.4, -0.2) is 26.0 Å². The van der Waals surface area contributed by atoms with Gasteiger partial charge < -0.3 is 5.32 Å². The molecule has 1 aliphatic rings. The van der Waals surface area contributed by atoms with E-state index in [0.29, 0.717) is 6.04 Å². The summed E-state index contributed by atoms with van der Waals surface area (Å²) in [5.41, 5.74) is 0. The Hall–Kier alpha value is -0.790. The van der Waals surface area contributed by atoms with Crippen molar-refractivity contribution in [2.75, 3.05) is 0 Å². The lowest BCUT2D eigenvalue weighted by atomic mass is 10.6. The molecule has 5 nitrogen and oxygen atoms in total. The average molecular weight is 300 g/mol.